The quantitative estimate of drug-likeness (QED) is 0.356. The maximum absolute atomic E-state index is 6.27. The third kappa shape index (κ3) is 5.29. The number of hydrogen-bond acceptors (Lipinski definition) is 4. The van der Waals surface area contributed by atoms with Gasteiger partial charge in [0.15, 0.2) is 0 Å². The van der Waals surface area contributed by atoms with Gasteiger partial charge in [0.05, 0.1) is 17.9 Å². The topological polar surface area (TPSA) is 39.7 Å². The predicted octanol–water partition coefficient (Wildman–Crippen LogP) is 6.40. The number of rotatable bonds is 6. The van der Waals surface area contributed by atoms with Crippen molar-refractivity contribution in [2.45, 2.75) is 67.3 Å². The molecule has 0 aliphatic carbocycles. The van der Waals surface area contributed by atoms with E-state index in [1.807, 2.05) is 7.05 Å². The minimum absolute atomic E-state index is 0.0716. The predicted molar refractivity (Wildman–Crippen MR) is 151 cm³/mol. The number of nitrogens with zero attached hydrogens (tertiary/aromatic N) is 2. The summed E-state index contributed by atoms with van der Waals surface area (Å²) >= 11 is 12.3. The van der Waals surface area contributed by atoms with Gasteiger partial charge < -0.3 is 15.5 Å². The fraction of sp³-hybridized carbons (Fsp3) is 0.600. The SMILES string of the molecule is CCCP1(=S)N=C(C2=CC(C(C)(C)C)N(CCC(C)(C)C)C2=S)Nc2ccc(NC)cc21. The van der Waals surface area contributed by atoms with Gasteiger partial charge in [-0.3, -0.25) is 0 Å². The van der Waals surface area contributed by atoms with Crippen molar-refractivity contribution < 1.29 is 0 Å². The second-order valence-corrected chi connectivity index (χ2v) is 15.9. The van der Waals surface area contributed by atoms with Crippen LogP contribution in [0.5, 0.6) is 0 Å². The third-order valence-electron chi connectivity index (χ3n) is 6.10. The van der Waals surface area contributed by atoms with Crippen LogP contribution in [-0.4, -0.2) is 41.5 Å². The van der Waals surface area contributed by atoms with Gasteiger partial charge in [0.2, 0.25) is 0 Å². The molecule has 7 heteroatoms. The van der Waals surface area contributed by atoms with Gasteiger partial charge in [-0.05, 0) is 54.1 Å². The Morgan fingerprint density at radius 2 is 1.88 bits per heavy atom. The highest BCUT2D eigenvalue weighted by molar-refractivity contribution is 8.17. The highest BCUT2D eigenvalue weighted by Gasteiger charge is 2.40. The maximum atomic E-state index is 6.27. The zero-order valence-electron chi connectivity index (χ0n) is 20.9. The summed E-state index contributed by atoms with van der Waals surface area (Å²) < 4.78 is 5.23. The molecule has 2 unspecified atom stereocenters. The van der Waals surface area contributed by atoms with E-state index < -0.39 is 6.19 Å². The molecular formula is C25H39N4PS2. The molecule has 0 amide bonds. The van der Waals surface area contributed by atoms with E-state index in [0.29, 0.717) is 0 Å². The molecule has 0 radical (unpaired) electrons. The van der Waals surface area contributed by atoms with Crippen LogP contribution in [0.15, 0.2) is 34.6 Å². The van der Waals surface area contributed by atoms with Gasteiger partial charge in [-0.25, -0.2) is 4.76 Å². The summed E-state index contributed by atoms with van der Waals surface area (Å²) in [7, 11) is 1.94. The standard InChI is InChI=1S/C25H39N4PS2/c1-9-14-30(32)20-15-17(26-8)10-11-19(20)27-22(28-30)18-16-21(25(5,6)7)29(23(18)31)13-12-24(2,3)4/h10-11,15-16,21,26H,9,12-14H2,1-8H3,(H,27,28,32). The lowest BCUT2D eigenvalue weighted by Crippen LogP contribution is -2.43. The molecule has 0 fully saturated rings. The summed E-state index contributed by atoms with van der Waals surface area (Å²) in [5.41, 5.74) is 3.53. The Morgan fingerprint density at radius 1 is 1.19 bits per heavy atom. The van der Waals surface area contributed by atoms with E-state index in [1.54, 1.807) is 0 Å². The second-order valence-electron chi connectivity index (χ2n) is 11.2. The summed E-state index contributed by atoms with van der Waals surface area (Å²) in [4.78, 5) is 3.30. The number of anilines is 2. The molecule has 0 aromatic heterocycles. The first-order chi connectivity index (χ1) is 14.8. The molecule has 4 nitrogen and oxygen atoms in total. The van der Waals surface area contributed by atoms with E-state index in [1.165, 1.54) is 5.30 Å². The van der Waals surface area contributed by atoms with Crippen LogP contribution < -0.4 is 15.9 Å². The van der Waals surface area contributed by atoms with Gasteiger partial charge >= 0.3 is 0 Å². The molecule has 3 rings (SSSR count). The second kappa shape index (κ2) is 9.19. The molecule has 176 valence electrons. The number of benzene rings is 1. The minimum Gasteiger partial charge on any atom is -0.388 e. The maximum Gasteiger partial charge on any atom is 0.140 e. The fourth-order valence-corrected chi connectivity index (χ4v) is 8.24. The van der Waals surface area contributed by atoms with E-state index in [0.717, 1.165) is 53.3 Å². The Balaban J connectivity index is 2.03. The molecule has 0 spiro atoms. The van der Waals surface area contributed by atoms with Crippen LogP contribution in [0.1, 0.15) is 61.3 Å². The van der Waals surface area contributed by atoms with E-state index in [4.69, 9.17) is 28.8 Å². The van der Waals surface area contributed by atoms with Gasteiger partial charge in [-0.15, -0.1) is 0 Å². The molecule has 2 heterocycles. The first kappa shape index (κ1) is 25.4. The summed E-state index contributed by atoms with van der Waals surface area (Å²) in [5, 5.41) is 8.01. The van der Waals surface area contributed by atoms with E-state index in [9.17, 15) is 0 Å². The summed E-state index contributed by atoms with van der Waals surface area (Å²) in [6, 6.07) is 6.64. The average Bonchev–Trinajstić information content (AvgIpc) is 3.02. The van der Waals surface area contributed by atoms with Gasteiger partial charge in [0.25, 0.3) is 0 Å². The van der Waals surface area contributed by atoms with Gasteiger partial charge in [0, 0.05) is 30.2 Å². The Bertz CT molecular complexity index is 998. The molecule has 0 saturated carbocycles. The molecule has 0 bridgehead atoms. The van der Waals surface area contributed by atoms with Crippen molar-refractivity contribution >= 4 is 57.7 Å². The van der Waals surface area contributed by atoms with Crippen molar-refractivity contribution in [3.05, 3.63) is 29.8 Å². The fourth-order valence-electron chi connectivity index (χ4n) is 4.24. The highest BCUT2D eigenvalue weighted by Crippen LogP contribution is 2.52. The summed E-state index contributed by atoms with van der Waals surface area (Å²) in [6.45, 7) is 16.9. The first-order valence-corrected chi connectivity index (χ1v) is 15.0. The minimum atomic E-state index is -2.10. The molecule has 2 aliphatic heterocycles. The molecule has 1 aromatic carbocycles. The van der Waals surface area contributed by atoms with Crippen molar-refractivity contribution in [2.75, 3.05) is 30.4 Å². The normalized spacial score (nSPS) is 23.4. The molecule has 2 N–H and O–H groups in total. The lowest BCUT2D eigenvalue weighted by Gasteiger charge is -2.37. The van der Waals surface area contributed by atoms with Crippen LogP contribution in [0.2, 0.25) is 0 Å². The van der Waals surface area contributed by atoms with Gasteiger partial charge in [-0.2, -0.15) is 0 Å². The zero-order chi connectivity index (χ0) is 23.9. The molecule has 1 aromatic rings. The molecule has 0 saturated heterocycles. The van der Waals surface area contributed by atoms with Crippen molar-refractivity contribution in [3.8, 4) is 0 Å². The lowest BCUT2D eigenvalue weighted by atomic mass is 9.85. The number of fused-ring (bicyclic) bond motifs is 1. The van der Waals surface area contributed by atoms with Gasteiger partial charge in [0.1, 0.15) is 10.8 Å². The van der Waals surface area contributed by atoms with E-state index >= 15 is 0 Å². The Labute approximate surface area is 205 Å². The highest BCUT2D eigenvalue weighted by atomic mass is 32.4. The van der Waals surface area contributed by atoms with Crippen LogP contribution in [-0.2, 0) is 11.8 Å². The first-order valence-electron chi connectivity index (χ1n) is 11.6. The van der Waals surface area contributed by atoms with Crippen LogP contribution in [0.4, 0.5) is 11.4 Å². The van der Waals surface area contributed by atoms with E-state index in [-0.39, 0.29) is 16.9 Å². The summed E-state index contributed by atoms with van der Waals surface area (Å²) in [5.74, 6) is 0.865. The van der Waals surface area contributed by atoms with Crippen LogP contribution in [0.3, 0.4) is 0 Å². The smallest absolute Gasteiger partial charge is 0.140 e. The lowest BCUT2D eigenvalue weighted by molar-refractivity contribution is 0.198. The van der Waals surface area contributed by atoms with Crippen LogP contribution >= 0.6 is 18.4 Å². The van der Waals surface area contributed by atoms with Crippen LogP contribution in [0, 0.1) is 10.8 Å². The largest absolute Gasteiger partial charge is 0.388 e. The Kier molecular flexibility index (Phi) is 7.30. The van der Waals surface area contributed by atoms with Crippen molar-refractivity contribution in [3.63, 3.8) is 0 Å². The Hall–Kier alpha value is -1.23. The van der Waals surface area contributed by atoms with Crippen molar-refractivity contribution in [1.82, 2.24) is 4.90 Å². The average molecular weight is 491 g/mol. The molecular weight excluding hydrogens is 451 g/mol. The number of nitrogens with one attached hydrogen (secondary N) is 2. The Morgan fingerprint density at radius 3 is 2.44 bits per heavy atom. The zero-order valence-corrected chi connectivity index (χ0v) is 23.4. The molecule has 2 atom stereocenters. The van der Waals surface area contributed by atoms with Crippen molar-refractivity contribution in [2.24, 2.45) is 15.6 Å². The van der Waals surface area contributed by atoms with E-state index in [2.05, 4.69) is 88.3 Å². The molecule has 2 aliphatic rings. The van der Waals surface area contributed by atoms with Crippen molar-refractivity contribution in [1.29, 1.82) is 0 Å². The number of thiocarbonyl (C=S) groups is 1. The van der Waals surface area contributed by atoms with Crippen LogP contribution in [0.25, 0.3) is 0 Å². The summed E-state index contributed by atoms with van der Waals surface area (Å²) in [6.07, 6.45) is 3.25. The number of amidine groups is 1. The van der Waals surface area contributed by atoms with Gasteiger partial charge in [-0.1, -0.05) is 72.5 Å². The third-order valence-corrected chi connectivity index (χ3v) is 10.6. The number of hydrogen-bond donors (Lipinski definition) is 2. The monoisotopic (exact) mass is 490 g/mol. The molecule has 32 heavy (non-hydrogen) atoms.